The lowest BCUT2D eigenvalue weighted by Crippen LogP contribution is -2.48. The molecule has 9 heteroatoms. The van der Waals surface area contributed by atoms with Gasteiger partial charge in [-0.2, -0.15) is 0 Å². The third-order valence-electron chi connectivity index (χ3n) is 5.99. The van der Waals surface area contributed by atoms with E-state index in [0.29, 0.717) is 19.6 Å². The minimum atomic E-state index is -0.465. The van der Waals surface area contributed by atoms with Gasteiger partial charge in [0.2, 0.25) is 0 Å². The molecule has 0 radical (unpaired) electrons. The highest BCUT2D eigenvalue weighted by molar-refractivity contribution is 5.85. The van der Waals surface area contributed by atoms with E-state index < -0.39 is 6.04 Å². The molecule has 2 atom stereocenters. The van der Waals surface area contributed by atoms with Gasteiger partial charge in [0, 0.05) is 12.6 Å². The van der Waals surface area contributed by atoms with E-state index in [1.165, 1.54) is 0 Å². The van der Waals surface area contributed by atoms with Gasteiger partial charge < -0.3 is 25.0 Å². The lowest BCUT2D eigenvalue weighted by Gasteiger charge is -2.24. The third-order valence-corrected chi connectivity index (χ3v) is 5.99. The molecule has 2 amide bonds. The molecule has 4 rings (SSSR count). The second kappa shape index (κ2) is 15.9. The summed E-state index contributed by atoms with van der Waals surface area (Å²) in [7, 11) is 0. The molecular weight excluding hydrogens is 494 g/mol. The zero-order chi connectivity index (χ0) is 25.8. The van der Waals surface area contributed by atoms with Crippen LogP contribution in [0.5, 0.6) is 0 Å². The minimum absolute atomic E-state index is 0. The molecule has 0 aliphatic carbocycles. The number of carbonyl (C=O) groups excluding carboxylic acids is 3. The highest BCUT2D eigenvalue weighted by Gasteiger charge is 2.35. The summed E-state index contributed by atoms with van der Waals surface area (Å²) in [6.07, 6.45) is 3.45. The Labute approximate surface area is 225 Å². The van der Waals surface area contributed by atoms with Crippen LogP contribution in [-0.2, 0) is 32.3 Å². The Morgan fingerprint density at radius 3 is 1.97 bits per heavy atom. The molecule has 2 aromatic rings. The molecule has 0 unspecified atom stereocenters. The summed E-state index contributed by atoms with van der Waals surface area (Å²) >= 11 is 0. The fourth-order valence-electron chi connectivity index (χ4n) is 4.12. The van der Waals surface area contributed by atoms with Crippen LogP contribution in [0.3, 0.4) is 0 Å². The van der Waals surface area contributed by atoms with Crippen LogP contribution >= 0.6 is 12.4 Å². The van der Waals surface area contributed by atoms with Crippen LogP contribution in [0.1, 0.15) is 50.7 Å². The van der Waals surface area contributed by atoms with Gasteiger partial charge in [-0.05, 0) is 57.2 Å². The van der Waals surface area contributed by atoms with E-state index in [-0.39, 0.29) is 49.1 Å². The van der Waals surface area contributed by atoms with Crippen molar-refractivity contribution in [3.05, 3.63) is 71.8 Å². The minimum Gasteiger partial charge on any atom is -0.460 e. The number of ether oxygens (including phenoxy) is 2. The predicted molar refractivity (Wildman–Crippen MR) is 144 cm³/mol. The highest BCUT2D eigenvalue weighted by atomic mass is 35.5. The zero-order valence-electron chi connectivity index (χ0n) is 21.6. The first-order valence-corrected chi connectivity index (χ1v) is 12.7. The van der Waals surface area contributed by atoms with Crippen molar-refractivity contribution >= 4 is 30.4 Å². The molecular formula is C28H38ClN3O5. The maximum absolute atomic E-state index is 12.2. The summed E-state index contributed by atoms with van der Waals surface area (Å²) in [6.45, 7) is 5.94. The van der Waals surface area contributed by atoms with E-state index in [2.05, 4.69) is 10.6 Å². The Balaban J connectivity index is 0.000000266. The average Bonchev–Trinajstić information content (AvgIpc) is 3.60. The molecule has 8 nitrogen and oxygen atoms in total. The number of benzene rings is 2. The van der Waals surface area contributed by atoms with Crippen molar-refractivity contribution < 1.29 is 23.9 Å². The second-order valence-electron chi connectivity index (χ2n) is 9.29. The molecule has 202 valence electrons. The number of likely N-dealkylation sites (tertiary alicyclic amines) is 1. The first-order valence-electron chi connectivity index (χ1n) is 12.7. The molecule has 2 fully saturated rings. The quantitative estimate of drug-likeness (QED) is 0.519. The lowest BCUT2D eigenvalue weighted by atomic mass is 10.2. The fourth-order valence-corrected chi connectivity index (χ4v) is 4.12. The summed E-state index contributed by atoms with van der Waals surface area (Å²) in [5, 5.41) is 5.94. The first-order chi connectivity index (χ1) is 17.4. The largest absolute Gasteiger partial charge is 0.460 e. The Bertz CT molecular complexity index is 968. The molecule has 0 saturated carbocycles. The number of urea groups is 1. The smallest absolute Gasteiger partial charge is 0.329 e. The summed E-state index contributed by atoms with van der Waals surface area (Å²) in [6, 6.07) is 18.6. The number of esters is 2. The monoisotopic (exact) mass is 531 g/mol. The molecule has 0 spiro atoms. The van der Waals surface area contributed by atoms with E-state index in [9.17, 15) is 14.4 Å². The van der Waals surface area contributed by atoms with E-state index >= 15 is 0 Å². The predicted octanol–water partition coefficient (Wildman–Crippen LogP) is 4.22. The van der Waals surface area contributed by atoms with Crippen molar-refractivity contribution in [3.63, 3.8) is 0 Å². The number of hydrogen-bond acceptors (Lipinski definition) is 6. The topological polar surface area (TPSA) is 97.0 Å². The normalized spacial score (nSPS) is 18.3. The van der Waals surface area contributed by atoms with Gasteiger partial charge >= 0.3 is 18.0 Å². The van der Waals surface area contributed by atoms with E-state index in [0.717, 1.165) is 36.9 Å². The Morgan fingerprint density at radius 1 is 0.892 bits per heavy atom. The fraction of sp³-hybridized carbons (Fsp3) is 0.464. The number of hydrogen-bond donors (Lipinski definition) is 2. The molecule has 2 aliphatic rings. The molecule has 37 heavy (non-hydrogen) atoms. The number of nitrogens with zero attached hydrogens (tertiary/aromatic N) is 1. The summed E-state index contributed by atoms with van der Waals surface area (Å²) in [4.78, 5) is 37.3. The zero-order valence-corrected chi connectivity index (χ0v) is 22.4. The van der Waals surface area contributed by atoms with Crippen molar-refractivity contribution in [2.24, 2.45) is 0 Å². The lowest BCUT2D eigenvalue weighted by molar-refractivity contribution is -0.149. The molecule has 2 N–H and O–H groups in total. The summed E-state index contributed by atoms with van der Waals surface area (Å²) in [5.41, 5.74) is 1.98. The van der Waals surface area contributed by atoms with Crippen LogP contribution in [-0.4, -0.2) is 54.1 Å². The molecule has 0 bridgehead atoms. The average molecular weight is 532 g/mol. The van der Waals surface area contributed by atoms with Crippen molar-refractivity contribution in [1.82, 2.24) is 15.5 Å². The summed E-state index contributed by atoms with van der Waals surface area (Å²) in [5.74, 6) is -0.452. The van der Waals surface area contributed by atoms with Crippen LogP contribution in [0.4, 0.5) is 4.79 Å². The Morgan fingerprint density at radius 2 is 1.46 bits per heavy atom. The third kappa shape index (κ3) is 10.1. The Hall–Kier alpha value is -3.10. The van der Waals surface area contributed by atoms with Crippen LogP contribution in [0.2, 0.25) is 0 Å². The van der Waals surface area contributed by atoms with Crippen LogP contribution in [0.15, 0.2) is 60.7 Å². The first kappa shape index (κ1) is 30.1. The molecule has 2 aromatic carbocycles. The number of rotatable bonds is 7. The van der Waals surface area contributed by atoms with E-state index in [1.54, 1.807) is 4.90 Å². The van der Waals surface area contributed by atoms with E-state index in [1.807, 2.05) is 74.5 Å². The maximum atomic E-state index is 12.2. The number of carbonyl (C=O) groups is 3. The number of amides is 2. The van der Waals surface area contributed by atoms with Crippen molar-refractivity contribution in [3.8, 4) is 0 Å². The van der Waals surface area contributed by atoms with Gasteiger partial charge in [-0.3, -0.25) is 4.79 Å². The highest BCUT2D eigenvalue weighted by Crippen LogP contribution is 2.19. The van der Waals surface area contributed by atoms with E-state index in [4.69, 9.17) is 9.47 Å². The molecule has 0 aromatic heterocycles. The second-order valence-corrected chi connectivity index (χ2v) is 9.29. The number of halogens is 1. The van der Waals surface area contributed by atoms with Crippen LogP contribution in [0, 0.1) is 0 Å². The summed E-state index contributed by atoms with van der Waals surface area (Å²) < 4.78 is 10.5. The maximum Gasteiger partial charge on any atom is 0.329 e. The molecule has 2 aliphatic heterocycles. The molecule has 2 heterocycles. The van der Waals surface area contributed by atoms with Gasteiger partial charge in [0.15, 0.2) is 0 Å². The van der Waals surface area contributed by atoms with Crippen molar-refractivity contribution in [2.45, 2.75) is 70.9 Å². The van der Waals surface area contributed by atoms with Gasteiger partial charge in [-0.25, -0.2) is 9.59 Å². The van der Waals surface area contributed by atoms with Crippen LogP contribution < -0.4 is 10.6 Å². The van der Waals surface area contributed by atoms with Crippen molar-refractivity contribution in [2.75, 3.05) is 13.1 Å². The van der Waals surface area contributed by atoms with Gasteiger partial charge in [-0.1, -0.05) is 60.7 Å². The van der Waals surface area contributed by atoms with Gasteiger partial charge in [-0.15, -0.1) is 12.4 Å². The van der Waals surface area contributed by atoms with Gasteiger partial charge in [0.25, 0.3) is 0 Å². The van der Waals surface area contributed by atoms with Gasteiger partial charge in [0.1, 0.15) is 25.3 Å². The standard InChI is InChI=1S/C16H22N2O3.C12H15NO2.ClH/c1-12(2)17-16(20)18-10-6-9-14(18)15(19)21-11-13-7-4-3-5-8-13;14-12(11-7-4-8-13-11)15-9-10-5-2-1-3-6-10;/h3-5,7-8,12,14H,6,9-11H2,1-2H3,(H,17,20);1-3,5-6,11,13H,4,7-9H2;1H/t14-;11-;/m00./s1. The molecule has 2 saturated heterocycles. The SMILES string of the molecule is CC(C)NC(=O)N1CCC[C@H]1C(=O)OCc1ccccc1.Cl.O=C(OCc1ccccc1)[C@@H]1CCCN1. The number of nitrogens with one attached hydrogen (secondary N) is 2. The Kier molecular flexibility index (Phi) is 12.9. The van der Waals surface area contributed by atoms with Gasteiger partial charge in [0.05, 0.1) is 0 Å². The van der Waals surface area contributed by atoms with Crippen molar-refractivity contribution in [1.29, 1.82) is 0 Å². The van der Waals surface area contributed by atoms with Crippen LogP contribution in [0.25, 0.3) is 0 Å².